The lowest BCUT2D eigenvalue weighted by Crippen LogP contribution is -2.48. The van der Waals surface area contributed by atoms with Crippen LogP contribution in [0.25, 0.3) is 0 Å². The molecule has 1 aliphatic heterocycles. The number of carbonyl (C=O) groups is 2. The van der Waals surface area contributed by atoms with Gasteiger partial charge in [0.05, 0.1) is 12.5 Å². The third-order valence-corrected chi connectivity index (χ3v) is 3.78. The molecule has 0 saturated carbocycles. The summed E-state index contributed by atoms with van der Waals surface area (Å²) in [5, 5.41) is 6.56. The van der Waals surface area contributed by atoms with Gasteiger partial charge in [0.15, 0.2) is 11.5 Å². The molecule has 1 aliphatic rings. The summed E-state index contributed by atoms with van der Waals surface area (Å²) in [5.74, 6) is 0.671. The first-order chi connectivity index (χ1) is 12.5. The maximum Gasteiger partial charge on any atom is 0.262 e. The number of benzene rings is 1. The molecule has 8 heteroatoms. The number of nitrogens with one attached hydrogen (secondary N) is 2. The van der Waals surface area contributed by atoms with Crippen LogP contribution in [-0.4, -0.2) is 30.9 Å². The van der Waals surface area contributed by atoms with Gasteiger partial charge in [-0.25, -0.2) is 5.43 Å². The molecule has 2 amide bonds. The van der Waals surface area contributed by atoms with Crippen LogP contribution < -0.4 is 20.2 Å². The van der Waals surface area contributed by atoms with Crippen molar-refractivity contribution in [3.8, 4) is 11.5 Å². The summed E-state index contributed by atoms with van der Waals surface area (Å²) in [5.41, 5.74) is 2.79. The van der Waals surface area contributed by atoms with Crippen molar-refractivity contribution in [3.05, 3.63) is 47.9 Å². The zero-order valence-electron chi connectivity index (χ0n) is 14.4. The number of rotatable bonds is 6. The molecule has 2 aromatic rings. The molecule has 0 spiro atoms. The normalized spacial score (nSPS) is 13.8. The molecule has 1 aromatic heterocycles. The zero-order chi connectivity index (χ0) is 18.5. The van der Waals surface area contributed by atoms with Crippen molar-refractivity contribution in [2.75, 3.05) is 6.79 Å². The maximum absolute atomic E-state index is 12.5. The van der Waals surface area contributed by atoms with Crippen molar-refractivity contribution in [1.82, 2.24) is 10.7 Å². The van der Waals surface area contributed by atoms with Gasteiger partial charge in [0.2, 0.25) is 6.79 Å². The molecular formula is C18H19N3O5. The van der Waals surface area contributed by atoms with Crippen molar-refractivity contribution in [3.63, 3.8) is 0 Å². The van der Waals surface area contributed by atoms with E-state index in [1.165, 1.54) is 12.5 Å². The predicted molar refractivity (Wildman–Crippen MR) is 93.1 cm³/mol. The average Bonchev–Trinajstić information content (AvgIpc) is 3.29. The molecule has 1 atom stereocenters. The molecular weight excluding hydrogens is 338 g/mol. The Morgan fingerprint density at radius 1 is 1.19 bits per heavy atom. The van der Waals surface area contributed by atoms with Crippen LogP contribution in [0, 0.1) is 5.92 Å². The number of hydrogen-bond donors (Lipinski definition) is 2. The van der Waals surface area contributed by atoms with Crippen molar-refractivity contribution >= 4 is 18.0 Å². The van der Waals surface area contributed by atoms with E-state index in [0.29, 0.717) is 22.8 Å². The third-order valence-electron chi connectivity index (χ3n) is 3.78. The van der Waals surface area contributed by atoms with E-state index < -0.39 is 11.9 Å². The summed E-state index contributed by atoms with van der Waals surface area (Å²) in [6.07, 6.45) is 2.89. The van der Waals surface area contributed by atoms with Gasteiger partial charge < -0.3 is 19.2 Å². The molecule has 2 heterocycles. The first kappa shape index (κ1) is 17.5. The number of ether oxygens (including phenoxy) is 2. The summed E-state index contributed by atoms with van der Waals surface area (Å²) >= 11 is 0. The molecule has 0 radical (unpaired) electrons. The average molecular weight is 357 g/mol. The van der Waals surface area contributed by atoms with Gasteiger partial charge in [0, 0.05) is 5.56 Å². The molecule has 0 saturated heterocycles. The number of furan rings is 1. The SMILES string of the molecule is CC(C)[C@@H](NC(=O)c1ccc2c(c1)OCO2)C(=O)N/N=C/c1ccco1. The second-order valence-corrected chi connectivity index (χ2v) is 6.01. The highest BCUT2D eigenvalue weighted by Gasteiger charge is 2.25. The second kappa shape index (κ2) is 7.73. The standard InChI is InChI=1S/C18H19N3O5/c1-11(2)16(18(23)21-19-9-13-4-3-7-24-13)20-17(22)12-5-6-14-15(8-12)26-10-25-14/h3-9,11,16H,10H2,1-2H3,(H,20,22)(H,21,23)/b19-9+/t16-/m1/s1. The van der Waals surface area contributed by atoms with E-state index in [-0.39, 0.29) is 18.6 Å². The number of amides is 2. The highest BCUT2D eigenvalue weighted by atomic mass is 16.7. The fraction of sp³-hybridized carbons (Fsp3) is 0.278. The maximum atomic E-state index is 12.5. The molecule has 8 nitrogen and oxygen atoms in total. The molecule has 3 rings (SSSR count). The van der Waals surface area contributed by atoms with E-state index >= 15 is 0 Å². The number of hydrogen-bond acceptors (Lipinski definition) is 6. The monoisotopic (exact) mass is 357 g/mol. The Labute approximate surface area is 150 Å². The molecule has 0 bridgehead atoms. The molecule has 0 aliphatic carbocycles. The van der Waals surface area contributed by atoms with E-state index in [4.69, 9.17) is 13.9 Å². The lowest BCUT2D eigenvalue weighted by atomic mass is 10.0. The summed E-state index contributed by atoms with van der Waals surface area (Å²) < 4.78 is 15.6. The van der Waals surface area contributed by atoms with Gasteiger partial charge in [0.1, 0.15) is 11.8 Å². The van der Waals surface area contributed by atoms with Crippen LogP contribution in [0.1, 0.15) is 30.0 Å². The summed E-state index contributed by atoms with van der Waals surface area (Å²) in [6, 6.07) is 7.54. The van der Waals surface area contributed by atoms with E-state index in [0.717, 1.165) is 0 Å². The van der Waals surface area contributed by atoms with E-state index in [2.05, 4.69) is 15.8 Å². The van der Waals surface area contributed by atoms with Crippen LogP contribution in [0.15, 0.2) is 46.1 Å². The van der Waals surface area contributed by atoms with Crippen molar-refractivity contribution in [1.29, 1.82) is 0 Å². The van der Waals surface area contributed by atoms with Gasteiger partial charge in [0.25, 0.3) is 11.8 Å². The van der Waals surface area contributed by atoms with E-state index in [9.17, 15) is 9.59 Å². The van der Waals surface area contributed by atoms with Gasteiger partial charge in [-0.3, -0.25) is 9.59 Å². The highest BCUT2D eigenvalue weighted by molar-refractivity contribution is 5.98. The highest BCUT2D eigenvalue weighted by Crippen LogP contribution is 2.32. The van der Waals surface area contributed by atoms with Gasteiger partial charge in [-0.1, -0.05) is 13.8 Å². The predicted octanol–water partition coefficient (Wildman–Crippen LogP) is 1.91. The van der Waals surface area contributed by atoms with Crippen LogP contribution in [0.3, 0.4) is 0 Å². The van der Waals surface area contributed by atoms with E-state index in [1.54, 1.807) is 30.3 Å². The molecule has 2 N–H and O–H groups in total. The largest absolute Gasteiger partial charge is 0.463 e. The third kappa shape index (κ3) is 4.02. The smallest absolute Gasteiger partial charge is 0.262 e. The lowest BCUT2D eigenvalue weighted by molar-refractivity contribution is -0.123. The van der Waals surface area contributed by atoms with Crippen LogP contribution >= 0.6 is 0 Å². The molecule has 136 valence electrons. The van der Waals surface area contributed by atoms with Crippen molar-refractivity contribution < 1.29 is 23.5 Å². The Hall–Kier alpha value is -3.29. The summed E-state index contributed by atoms with van der Waals surface area (Å²) in [4.78, 5) is 24.8. The van der Waals surface area contributed by atoms with Crippen molar-refractivity contribution in [2.24, 2.45) is 11.0 Å². The van der Waals surface area contributed by atoms with Crippen molar-refractivity contribution in [2.45, 2.75) is 19.9 Å². The number of carbonyl (C=O) groups excluding carboxylic acids is 2. The Morgan fingerprint density at radius 2 is 2.00 bits per heavy atom. The van der Waals surface area contributed by atoms with Crippen LogP contribution in [-0.2, 0) is 4.79 Å². The molecule has 26 heavy (non-hydrogen) atoms. The van der Waals surface area contributed by atoms with E-state index in [1.807, 2.05) is 13.8 Å². The number of nitrogens with zero attached hydrogens (tertiary/aromatic N) is 1. The van der Waals surface area contributed by atoms with Crippen LogP contribution in [0.2, 0.25) is 0 Å². The Morgan fingerprint density at radius 3 is 2.73 bits per heavy atom. The fourth-order valence-corrected chi connectivity index (χ4v) is 2.39. The molecule has 0 unspecified atom stereocenters. The Kier molecular flexibility index (Phi) is 5.21. The summed E-state index contributed by atoms with van der Waals surface area (Å²) in [6.45, 7) is 3.80. The van der Waals surface area contributed by atoms with Gasteiger partial charge in [-0.2, -0.15) is 5.10 Å². The molecule has 1 aromatic carbocycles. The van der Waals surface area contributed by atoms with Crippen LogP contribution in [0.5, 0.6) is 11.5 Å². The summed E-state index contributed by atoms with van der Waals surface area (Å²) in [7, 11) is 0. The molecule has 0 fully saturated rings. The first-order valence-corrected chi connectivity index (χ1v) is 8.11. The Balaban J connectivity index is 1.64. The zero-order valence-corrected chi connectivity index (χ0v) is 14.4. The van der Waals surface area contributed by atoms with Gasteiger partial charge in [-0.15, -0.1) is 0 Å². The number of hydrazone groups is 1. The van der Waals surface area contributed by atoms with Gasteiger partial charge in [-0.05, 0) is 36.2 Å². The Bertz CT molecular complexity index is 814. The van der Waals surface area contributed by atoms with Gasteiger partial charge >= 0.3 is 0 Å². The quantitative estimate of drug-likeness (QED) is 0.607. The minimum atomic E-state index is -0.748. The topological polar surface area (TPSA) is 102 Å². The first-order valence-electron chi connectivity index (χ1n) is 8.11. The minimum absolute atomic E-state index is 0.130. The fourth-order valence-electron chi connectivity index (χ4n) is 2.39. The second-order valence-electron chi connectivity index (χ2n) is 6.01. The lowest BCUT2D eigenvalue weighted by Gasteiger charge is -2.20. The number of fused-ring (bicyclic) bond motifs is 1. The minimum Gasteiger partial charge on any atom is -0.463 e. The van der Waals surface area contributed by atoms with Crippen LogP contribution in [0.4, 0.5) is 0 Å².